The van der Waals surface area contributed by atoms with Crippen LogP contribution in [-0.2, 0) is 14.2 Å². The smallest absolute Gasteiger partial charge is 0.187 e. The molecule has 23 heavy (non-hydrogen) atoms. The molecule has 11 nitrogen and oxygen atoms in total. The van der Waals surface area contributed by atoms with Gasteiger partial charge in [-0.15, -0.1) is 0 Å². The Labute approximate surface area is 130 Å². The van der Waals surface area contributed by atoms with Crippen molar-refractivity contribution in [3.05, 3.63) is 0 Å². The monoisotopic (exact) mass is 342 g/mol. The molecular weight excluding hydrogens is 320 g/mol. The molecule has 2 saturated heterocycles. The second-order valence-electron chi connectivity index (χ2n) is 5.53. The van der Waals surface area contributed by atoms with Crippen LogP contribution in [0, 0.1) is 0 Å². The normalized spacial score (nSPS) is 51.7. The highest BCUT2D eigenvalue weighted by Crippen LogP contribution is 2.28. The fourth-order valence-electron chi connectivity index (χ4n) is 2.56. The van der Waals surface area contributed by atoms with E-state index in [1.807, 2.05) is 0 Å². The van der Waals surface area contributed by atoms with Gasteiger partial charge in [-0.3, -0.25) is 0 Å². The van der Waals surface area contributed by atoms with E-state index < -0.39 is 74.6 Å². The number of rotatable bonds is 4. The van der Waals surface area contributed by atoms with Crippen LogP contribution in [0.2, 0.25) is 0 Å². The number of ether oxygens (including phenoxy) is 3. The fourth-order valence-corrected chi connectivity index (χ4v) is 2.56. The maximum absolute atomic E-state index is 10.00. The van der Waals surface area contributed by atoms with Crippen LogP contribution in [0.1, 0.15) is 0 Å². The van der Waals surface area contributed by atoms with E-state index in [0.29, 0.717) is 0 Å². The number of hydrogen-bond acceptors (Lipinski definition) is 11. The molecule has 0 aromatic heterocycles. The highest BCUT2D eigenvalue weighted by molar-refractivity contribution is 4.93. The molecule has 10 atom stereocenters. The molecular formula is C12H22O11. The molecule has 8 N–H and O–H groups in total. The molecule has 0 aliphatic carbocycles. The van der Waals surface area contributed by atoms with Gasteiger partial charge in [0.15, 0.2) is 12.6 Å². The van der Waals surface area contributed by atoms with E-state index in [1.54, 1.807) is 0 Å². The van der Waals surface area contributed by atoms with Gasteiger partial charge in [-0.1, -0.05) is 0 Å². The molecule has 2 rings (SSSR count). The first-order valence-corrected chi connectivity index (χ1v) is 7.08. The van der Waals surface area contributed by atoms with Gasteiger partial charge in [-0.2, -0.15) is 0 Å². The molecule has 2 heterocycles. The zero-order chi connectivity index (χ0) is 17.3. The van der Waals surface area contributed by atoms with Gasteiger partial charge in [-0.05, 0) is 0 Å². The van der Waals surface area contributed by atoms with Crippen molar-refractivity contribution in [1.82, 2.24) is 0 Å². The Morgan fingerprint density at radius 3 is 1.78 bits per heavy atom. The van der Waals surface area contributed by atoms with Crippen molar-refractivity contribution in [3.63, 3.8) is 0 Å². The minimum absolute atomic E-state index is 0.667. The van der Waals surface area contributed by atoms with E-state index in [1.165, 1.54) is 0 Å². The van der Waals surface area contributed by atoms with Crippen molar-refractivity contribution in [2.45, 2.75) is 61.4 Å². The van der Waals surface area contributed by atoms with Crippen LogP contribution in [0.25, 0.3) is 0 Å². The average Bonchev–Trinajstić information content (AvgIpc) is 2.54. The summed E-state index contributed by atoms with van der Waals surface area (Å²) in [5, 5.41) is 76.8. The molecule has 0 unspecified atom stereocenters. The van der Waals surface area contributed by atoms with E-state index in [2.05, 4.69) is 0 Å². The Kier molecular flexibility index (Phi) is 6.27. The minimum atomic E-state index is -1.76. The molecule has 0 aromatic carbocycles. The van der Waals surface area contributed by atoms with Gasteiger partial charge in [0.1, 0.15) is 48.8 Å². The van der Waals surface area contributed by atoms with Crippen LogP contribution in [0.15, 0.2) is 0 Å². The standard InChI is InChI=1S/C12H22O11/c13-1-3-5(15)7(17)8(18)12(22-3)23-10-6(16)4(2-14)21-11(20)9(10)19/h3-20H,1-2H2/t3-,4-,5+,6+,7-,8-,9+,10-,11+,12-/m0/s1. The summed E-state index contributed by atoms with van der Waals surface area (Å²) in [6, 6.07) is 0. The molecule has 2 aliphatic rings. The topological polar surface area (TPSA) is 190 Å². The van der Waals surface area contributed by atoms with E-state index >= 15 is 0 Å². The molecule has 11 heteroatoms. The Hall–Kier alpha value is -0.440. The van der Waals surface area contributed by atoms with E-state index in [-0.39, 0.29) is 0 Å². The highest BCUT2D eigenvalue weighted by Gasteiger charge is 2.50. The average molecular weight is 342 g/mol. The van der Waals surface area contributed by atoms with Gasteiger partial charge in [0.25, 0.3) is 0 Å². The minimum Gasteiger partial charge on any atom is -0.394 e. The molecule has 0 bridgehead atoms. The predicted molar refractivity (Wildman–Crippen MR) is 68.6 cm³/mol. The van der Waals surface area contributed by atoms with Crippen molar-refractivity contribution in [1.29, 1.82) is 0 Å². The summed E-state index contributed by atoms with van der Waals surface area (Å²) in [6.07, 6.45) is -15.7. The Morgan fingerprint density at radius 2 is 1.22 bits per heavy atom. The number of hydrogen-bond donors (Lipinski definition) is 8. The van der Waals surface area contributed by atoms with Crippen LogP contribution in [0.4, 0.5) is 0 Å². The van der Waals surface area contributed by atoms with Crippen molar-refractivity contribution >= 4 is 0 Å². The van der Waals surface area contributed by atoms with Crippen LogP contribution < -0.4 is 0 Å². The second-order valence-corrected chi connectivity index (χ2v) is 5.53. The maximum Gasteiger partial charge on any atom is 0.187 e. The number of aliphatic hydroxyl groups excluding tert-OH is 8. The van der Waals surface area contributed by atoms with Crippen LogP contribution >= 0.6 is 0 Å². The van der Waals surface area contributed by atoms with E-state index in [4.69, 9.17) is 24.4 Å². The van der Waals surface area contributed by atoms with Crippen LogP contribution in [0.3, 0.4) is 0 Å². The lowest BCUT2D eigenvalue weighted by molar-refractivity contribution is -0.355. The number of aliphatic hydroxyl groups is 8. The van der Waals surface area contributed by atoms with Gasteiger partial charge in [0.2, 0.25) is 0 Å². The first kappa shape index (κ1) is 18.9. The molecule has 136 valence electrons. The van der Waals surface area contributed by atoms with Crippen molar-refractivity contribution in [3.8, 4) is 0 Å². The van der Waals surface area contributed by atoms with Gasteiger partial charge >= 0.3 is 0 Å². The summed E-state index contributed by atoms with van der Waals surface area (Å²) in [5.74, 6) is 0. The third kappa shape index (κ3) is 3.65. The molecule has 0 amide bonds. The predicted octanol–water partition coefficient (Wildman–Crippen LogP) is -5.40. The Balaban J connectivity index is 2.11. The third-order valence-corrected chi connectivity index (χ3v) is 3.98. The molecule has 0 aromatic rings. The largest absolute Gasteiger partial charge is 0.394 e. The lowest BCUT2D eigenvalue weighted by Gasteiger charge is -2.45. The third-order valence-electron chi connectivity index (χ3n) is 3.98. The van der Waals surface area contributed by atoms with Crippen molar-refractivity contribution in [2.75, 3.05) is 13.2 Å². The first-order chi connectivity index (χ1) is 10.8. The SMILES string of the molecule is OC[C@@H]1O[C@@H](O[C@@H]2[C@@H](O)[C@H](O)O[C@@H](CO)[C@H]2O)[C@@H](O)[C@@H](O)[C@@H]1O. The van der Waals surface area contributed by atoms with Gasteiger partial charge < -0.3 is 55.1 Å². The Bertz CT molecular complexity index is 380. The van der Waals surface area contributed by atoms with Crippen LogP contribution in [-0.4, -0.2) is 115 Å². The van der Waals surface area contributed by atoms with Crippen molar-refractivity contribution in [2.24, 2.45) is 0 Å². The van der Waals surface area contributed by atoms with E-state index in [0.717, 1.165) is 0 Å². The maximum atomic E-state index is 10.00. The summed E-state index contributed by atoms with van der Waals surface area (Å²) in [6.45, 7) is -1.34. The summed E-state index contributed by atoms with van der Waals surface area (Å²) < 4.78 is 15.1. The lowest BCUT2D eigenvalue weighted by atomic mass is 9.97. The highest BCUT2D eigenvalue weighted by atomic mass is 16.7. The zero-order valence-corrected chi connectivity index (χ0v) is 12.0. The van der Waals surface area contributed by atoms with Gasteiger partial charge in [-0.25, -0.2) is 0 Å². The summed E-state index contributed by atoms with van der Waals surface area (Å²) in [7, 11) is 0. The summed E-state index contributed by atoms with van der Waals surface area (Å²) >= 11 is 0. The zero-order valence-electron chi connectivity index (χ0n) is 12.0. The molecule has 0 radical (unpaired) electrons. The van der Waals surface area contributed by atoms with Gasteiger partial charge in [0.05, 0.1) is 13.2 Å². The van der Waals surface area contributed by atoms with Gasteiger partial charge in [0, 0.05) is 0 Å². The molecule has 2 fully saturated rings. The van der Waals surface area contributed by atoms with Crippen molar-refractivity contribution < 1.29 is 55.1 Å². The second kappa shape index (κ2) is 7.63. The lowest BCUT2D eigenvalue weighted by Crippen LogP contribution is -2.64. The first-order valence-electron chi connectivity index (χ1n) is 7.08. The Morgan fingerprint density at radius 1 is 0.652 bits per heavy atom. The van der Waals surface area contributed by atoms with Crippen LogP contribution in [0.5, 0.6) is 0 Å². The molecule has 0 saturated carbocycles. The van der Waals surface area contributed by atoms with E-state index in [9.17, 15) is 30.6 Å². The fraction of sp³-hybridized carbons (Fsp3) is 1.00. The molecule has 2 aliphatic heterocycles. The quantitative estimate of drug-likeness (QED) is 0.243. The molecule has 0 spiro atoms. The summed E-state index contributed by atoms with van der Waals surface area (Å²) in [4.78, 5) is 0. The summed E-state index contributed by atoms with van der Waals surface area (Å²) in [5.41, 5.74) is 0.